The molecule has 0 bridgehead atoms. The Balaban J connectivity index is 2.33. The molecule has 3 rings (SSSR count). The summed E-state index contributed by atoms with van der Waals surface area (Å²) in [5.74, 6) is -0.343. The van der Waals surface area contributed by atoms with E-state index in [9.17, 15) is 22.4 Å². The van der Waals surface area contributed by atoms with E-state index in [0.717, 1.165) is 6.07 Å². The van der Waals surface area contributed by atoms with Gasteiger partial charge in [-0.3, -0.25) is 4.79 Å². The normalized spacial score (nSPS) is 11.6. The summed E-state index contributed by atoms with van der Waals surface area (Å²) in [5, 5.41) is 0. The van der Waals surface area contributed by atoms with Gasteiger partial charge in [0.05, 0.1) is 16.8 Å². The smallest absolute Gasteiger partial charge is 0.301 e. The number of nitrogens with zero attached hydrogens (tertiary/aromatic N) is 2. The third-order valence-corrected chi connectivity index (χ3v) is 4.08. The average molecular weight is 362 g/mol. The zero-order valence-electron chi connectivity index (χ0n) is 13.9. The lowest BCUT2D eigenvalue weighted by Crippen LogP contribution is -2.22. The first kappa shape index (κ1) is 17.8. The van der Waals surface area contributed by atoms with E-state index < -0.39 is 23.1 Å². The SMILES string of the molecule is Cc1nc(=O)c(-c2ccc(F)cc2)c(C)n1-c1ccccc1C(F)(F)F. The van der Waals surface area contributed by atoms with Gasteiger partial charge >= 0.3 is 6.18 Å². The number of alkyl halides is 3. The summed E-state index contributed by atoms with van der Waals surface area (Å²) in [6.07, 6.45) is -4.56. The molecule has 0 saturated heterocycles. The summed E-state index contributed by atoms with van der Waals surface area (Å²) in [4.78, 5) is 16.3. The molecule has 0 aliphatic rings. The van der Waals surface area contributed by atoms with Gasteiger partial charge in [0.15, 0.2) is 0 Å². The molecule has 134 valence electrons. The quantitative estimate of drug-likeness (QED) is 0.621. The largest absolute Gasteiger partial charge is 0.418 e. The second-order valence-corrected chi connectivity index (χ2v) is 5.78. The van der Waals surface area contributed by atoms with Crippen LogP contribution in [0.4, 0.5) is 17.6 Å². The zero-order chi connectivity index (χ0) is 19.1. The molecule has 7 heteroatoms. The fourth-order valence-corrected chi connectivity index (χ4v) is 2.97. The highest BCUT2D eigenvalue weighted by Gasteiger charge is 2.34. The molecule has 1 aromatic heterocycles. The van der Waals surface area contributed by atoms with Gasteiger partial charge < -0.3 is 4.57 Å². The van der Waals surface area contributed by atoms with Crippen LogP contribution in [0.3, 0.4) is 0 Å². The second kappa shape index (κ2) is 6.40. The molecular weight excluding hydrogens is 348 g/mol. The third-order valence-electron chi connectivity index (χ3n) is 4.08. The van der Waals surface area contributed by atoms with E-state index in [-0.39, 0.29) is 17.1 Å². The number of aryl methyl sites for hydroxylation is 1. The molecule has 0 unspecified atom stereocenters. The molecule has 0 spiro atoms. The maximum absolute atomic E-state index is 13.4. The predicted octanol–water partition coefficient (Wildman–Crippen LogP) is 4.67. The Morgan fingerprint density at radius 1 is 0.962 bits per heavy atom. The lowest BCUT2D eigenvalue weighted by atomic mass is 10.0. The van der Waals surface area contributed by atoms with Crippen LogP contribution in [0.1, 0.15) is 17.1 Å². The molecule has 0 saturated carbocycles. The van der Waals surface area contributed by atoms with E-state index in [1.165, 1.54) is 54.0 Å². The van der Waals surface area contributed by atoms with Crippen molar-refractivity contribution in [1.29, 1.82) is 0 Å². The van der Waals surface area contributed by atoms with Gasteiger partial charge in [0.2, 0.25) is 0 Å². The first-order chi connectivity index (χ1) is 12.2. The first-order valence-electron chi connectivity index (χ1n) is 7.73. The summed E-state index contributed by atoms with van der Waals surface area (Å²) in [6.45, 7) is 3.01. The minimum absolute atomic E-state index is 0.120. The van der Waals surface area contributed by atoms with Crippen molar-refractivity contribution < 1.29 is 17.6 Å². The van der Waals surface area contributed by atoms with Crippen molar-refractivity contribution in [3.63, 3.8) is 0 Å². The summed E-state index contributed by atoms with van der Waals surface area (Å²) >= 11 is 0. The number of benzene rings is 2. The standard InChI is InChI=1S/C19H14F4N2O/c1-11-17(13-7-9-14(20)10-8-13)18(26)24-12(2)25(11)16-6-4-3-5-15(16)19(21,22)23/h3-10H,1-2H3. The van der Waals surface area contributed by atoms with E-state index in [4.69, 9.17) is 0 Å². The van der Waals surface area contributed by atoms with Gasteiger partial charge in [-0.15, -0.1) is 0 Å². The number of para-hydroxylation sites is 1. The number of aromatic nitrogens is 2. The van der Waals surface area contributed by atoms with Crippen molar-refractivity contribution in [2.45, 2.75) is 20.0 Å². The van der Waals surface area contributed by atoms with Crippen LogP contribution in [0.2, 0.25) is 0 Å². The van der Waals surface area contributed by atoms with Crippen LogP contribution in [0.25, 0.3) is 16.8 Å². The van der Waals surface area contributed by atoms with Gasteiger partial charge in [0.1, 0.15) is 11.6 Å². The van der Waals surface area contributed by atoms with Crippen LogP contribution in [0.5, 0.6) is 0 Å². The maximum atomic E-state index is 13.4. The van der Waals surface area contributed by atoms with Gasteiger partial charge in [-0.1, -0.05) is 24.3 Å². The molecule has 0 aliphatic carbocycles. The monoisotopic (exact) mass is 362 g/mol. The summed E-state index contributed by atoms with van der Waals surface area (Å²) < 4.78 is 54.7. The Bertz CT molecular complexity index is 1020. The van der Waals surface area contributed by atoms with E-state index >= 15 is 0 Å². The first-order valence-corrected chi connectivity index (χ1v) is 7.73. The molecule has 0 aliphatic heterocycles. The van der Waals surface area contributed by atoms with Crippen molar-refractivity contribution in [1.82, 2.24) is 9.55 Å². The van der Waals surface area contributed by atoms with Gasteiger partial charge in [-0.2, -0.15) is 18.2 Å². The maximum Gasteiger partial charge on any atom is 0.418 e. The van der Waals surface area contributed by atoms with Crippen molar-refractivity contribution in [3.05, 3.63) is 81.8 Å². The molecule has 0 radical (unpaired) electrons. The minimum Gasteiger partial charge on any atom is -0.301 e. The van der Waals surface area contributed by atoms with E-state index in [1.807, 2.05) is 0 Å². The number of hydrogen-bond donors (Lipinski definition) is 0. The molecule has 0 fully saturated rings. The Morgan fingerprint density at radius 2 is 1.58 bits per heavy atom. The minimum atomic E-state index is -4.56. The van der Waals surface area contributed by atoms with Crippen LogP contribution in [-0.2, 0) is 6.18 Å². The van der Waals surface area contributed by atoms with Crippen molar-refractivity contribution in [3.8, 4) is 16.8 Å². The highest BCUT2D eigenvalue weighted by molar-refractivity contribution is 5.66. The highest BCUT2D eigenvalue weighted by Crippen LogP contribution is 2.35. The summed E-state index contributed by atoms with van der Waals surface area (Å²) in [6, 6.07) is 10.2. The molecule has 0 amide bonds. The number of rotatable bonds is 2. The van der Waals surface area contributed by atoms with E-state index in [0.29, 0.717) is 11.3 Å². The van der Waals surface area contributed by atoms with Crippen LogP contribution in [-0.4, -0.2) is 9.55 Å². The topological polar surface area (TPSA) is 34.9 Å². The lowest BCUT2D eigenvalue weighted by Gasteiger charge is -2.20. The van der Waals surface area contributed by atoms with Crippen LogP contribution < -0.4 is 5.56 Å². The summed E-state index contributed by atoms with van der Waals surface area (Å²) in [5.41, 5.74) is -0.710. The van der Waals surface area contributed by atoms with Crippen LogP contribution >= 0.6 is 0 Å². The molecule has 3 aromatic rings. The molecule has 26 heavy (non-hydrogen) atoms. The Labute approximate surface area is 146 Å². The molecule has 2 aromatic carbocycles. The van der Waals surface area contributed by atoms with Crippen LogP contribution in [0, 0.1) is 19.7 Å². The van der Waals surface area contributed by atoms with Crippen LogP contribution in [0.15, 0.2) is 53.3 Å². The molecule has 0 atom stereocenters. The molecule has 0 N–H and O–H groups in total. The number of hydrogen-bond acceptors (Lipinski definition) is 2. The fraction of sp³-hybridized carbons (Fsp3) is 0.158. The van der Waals surface area contributed by atoms with E-state index in [1.54, 1.807) is 6.92 Å². The van der Waals surface area contributed by atoms with Crippen molar-refractivity contribution in [2.24, 2.45) is 0 Å². The van der Waals surface area contributed by atoms with Crippen molar-refractivity contribution in [2.75, 3.05) is 0 Å². The van der Waals surface area contributed by atoms with Crippen molar-refractivity contribution >= 4 is 0 Å². The second-order valence-electron chi connectivity index (χ2n) is 5.78. The number of halogens is 4. The molecule has 1 heterocycles. The summed E-state index contributed by atoms with van der Waals surface area (Å²) in [7, 11) is 0. The fourth-order valence-electron chi connectivity index (χ4n) is 2.97. The van der Waals surface area contributed by atoms with Gasteiger partial charge in [0.25, 0.3) is 5.56 Å². The Morgan fingerprint density at radius 3 is 2.19 bits per heavy atom. The van der Waals surface area contributed by atoms with E-state index in [2.05, 4.69) is 4.98 Å². The highest BCUT2D eigenvalue weighted by atomic mass is 19.4. The predicted molar refractivity (Wildman–Crippen MR) is 89.7 cm³/mol. The van der Waals surface area contributed by atoms with Gasteiger partial charge in [-0.05, 0) is 43.7 Å². The Kier molecular flexibility index (Phi) is 4.39. The Hall–Kier alpha value is -2.96. The van der Waals surface area contributed by atoms with Gasteiger partial charge in [0, 0.05) is 5.69 Å². The molecular formula is C19H14F4N2O. The zero-order valence-corrected chi connectivity index (χ0v) is 13.9. The molecule has 3 nitrogen and oxygen atoms in total. The van der Waals surface area contributed by atoms with Gasteiger partial charge in [-0.25, -0.2) is 4.39 Å². The third kappa shape index (κ3) is 3.12. The lowest BCUT2D eigenvalue weighted by molar-refractivity contribution is -0.137. The average Bonchev–Trinajstić information content (AvgIpc) is 2.56.